The van der Waals surface area contributed by atoms with E-state index in [0.29, 0.717) is 5.69 Å². The van der Waals surface area contributed by atoms with Gasteiger partial charge in [0.25, 0.3) is 5.91 Å². The molecule has 0 unspecified atom stereocenters. The predicted molar refractivity (Wildman–Crippen MR) is 94.0 cm³/mol. The number of amides is 1. The van der Waals surface area contributed by atoms with E-state index in [-0.39, 0.29) is 23.4 Å². The fourth-order valence-electron chi connectivity index (χ4n) is 2.76. The van der Waals surface area contributed by atoms with E-state index in [9.17, 15) is 18.0 Å². The summed E-state index contributed by atoms with van der Waals surface area (Å²) in [4.78, 5) is 12.6. The first-order valence-electron chi connectivity index (χ1n) is 8.23. The molecule has 2 aromatic carbocycles. The van der Waals surface area contributed by atoms with Crippen molar-refractivity contribution >= 4 is 5.91 Å². The molecule has 0 aliphatic rings. The lowest BCUT2D eigenvalue weighted by Gasteiger charge is -2.09. The smallest absolute Gasteiger partial charge is 0.355 e. The number of carbonyl (C=O) groups excluding carboxylic acids is 1. The highest BCUT2D eigenvalue weighted by atomic mass is 19.4. The molecule has 0 fully saturated rings. The van der Waals surface area contributed by atoms with Crippen LogP contribution in [0.5, 0.6) is 0 Å². The molecule has 0 radical (unpaired) electrons. The van der Waals surface area contributed by atoms with E-state index in [2.05, 4.69) is 10.5 Å². The van der Waals surface area contributed by atoms with Gasteiger partial charge in [0.1, 0.15) is 5.56 Å². The normalized spacial score (nSPS) is 11.4. The van der Waals surface area contributed by atoms with Gasteiger partial charge in [0.2, 0.25) is 0 Å². The summed E-state index contributed by atoms with van der Waals surface area (Å²) in [6, 6.07) is 12.3. The largest absolute Gasteiger partial charge is 0.416 e. The maximum absolute atomic E-state index is 13.0. The molecule has 0 saturated carbocycles. The third kappa shape index (κ3) is 4.19. The Kier molecular flexibility index (Phi) is 5.03. The van der Waals surface area contributed by atoms with Crippen LogP contribution in [0.3, 0.4) is 0 Å². The van der Waals surface area contributed by atoms with Crippen molar-refractivity contribution < 1.29 is 22.5 Å². The van der Waals surface area contributed by atoms with Gasteiger partial charge in [-0.05, 0) is 31.5 Å². The molecule has 1 aromatic heterocycles. The summed E-state index contributed by atoms with van der Waals surface area (Å²) in [6.45, 7) is 3.80. The van der Waals surface area contributed by atoms with Gasteiger partial charge in [-0.3, -0.25) is 4.79 Å². The minimum atomic E-state index is -4.49. The Morgan fingerprint density at radius 1 is 1.11 bits per heavy atom. The molecule has 0 saturated heterocycles. The Labute approximate surface area is 154 Å². The number of rotatable bonds is 4. The molecule has 4 nitrogen and oxygen atoms in total. The van der Waals surface area contributed by atoms with Crippen molar-refractivity contribution in [3.63, 3.8) is 0 Å². The van der Waals surface area contributed by atoms with Crippen molar-refractivity contribution in [3.05, 3.63) is 76.5 Å². The monoisotopic (exact) mass is 374 g/mol. The molecule has 0 atom stereocenters. The summed E-state index contributed by atoms with van der Waals surface area (Å²) in [5, 5.41) is 6.52. The summed E-state index contributed by atoms with van der Waals surface area (Å²) in [7, 11) is 0. The number of nitrogens with zero attached hydrogens (tertiary/aromatic N) is 1. The zero-order valence-electron chi connectivity index (χ0n) is 14.7. The summed E-state index contributed by atoms with van der Waals surface area (Å²) in [5.74, 6) is -0.442. The minimum Gasteiger partial charge on any atom is -0.355 e. The third-order valence-electron chi connectivity index (χ3n) is 4.08. The predicted octanol–water partition coefficient (Wildman–Crippen LogP) is 4.91. The van der Waals surface area contributed by atoms with Crippen LogP contribution in [0.2, 0.25) is 0 Å². The van der Waals surface area contributed by atoms with E-state index >= 15 is 0 Å². The first-order valence-corrected chi connectivity index (χ1v) is 8.23. The first-order chi connectivity index (χ1) is 12.8. The Morgan fingerprint density at radius 3 is 2.56 bits per heavy atom. The van der Waals surface area contributed by atoms with Gasteiger partial charge in [0.05, 0.1) is 11.3 Å². The number of alkyl halides is 3. The van der Waals surface area contributed by atoms with Crippen LogP contribution in [-0.4, -0.2) is 11.1 Å². The van der Waals surface area contributed by atoms with Crippen LogP contribution < -0.4 is 5.32 Å². The quantitative estimate of drug-likeness (QED) is 0.706. The Morgan fingerprint density at radius 2 is 1.85 bits per heavy atom. The number of carbonyl (C=O) groups is 1. The Bertz CT molecular complexity index is 977. The number of aryl methyl sites for hydroxylation is 2. The molecule has 3 aromatic rings. The molecule has 1 N–H and O–H groups in total. The summed E-state index contributed by atoms with van der Waals surface area (Å²) in [5.41, 5.74) is 1.74. The van der Waals surface area contributed by atoms with E-state index in [4.69, 9.17) is 4.52 Å². The number of benzene rings is 2. The molecule has 0 aliphatic heterocycles. The van der Waals surface area contributed by atoms with Gasteiger partial charge < -0.3 is 9.84 Å². The lowest BCUT2D eigenvalue weighted by molar-refractivity contribution is -0.137. The average Bonchev–Trinajstić information content (AvgIpc) is 3.01. The van der Waals surface area contributed by atoms with Crippen LogP contribution in [0.4, 0.5) is 13.2 Å². The molecule has 0 bridgehead atoms. The van der Waals surface area contributed by atoms with Gasteiger partial charge in [-0.1, -0.05) is 47.1 Å². The number of aromatic nitrogens is 1. The number of hydrogen-bond acceptors (Lipinski definition) is 3. The second-order valence-electron chi connectivity index (χ2n) is 6.22. The van der Waals surface area contributed by atoms with E-state index in [1.165, 1.54) is 12.1 Å². The second-order valence-corrected chi connectivity index (χ2v) is 6.22. The van der Waals surface area contributed by atoms with Crippen molar-refractivity contribution in [2.45, 2.75) is 26.6 Å². The summed E-state index contributed by atoms with van der Waals surface area (Å²) < 4.78 is 44.1. The lowest BCUT2D eigenvalue weighted by Crippen LogP contribution is -2.23. The van der Waals surface area contributed by atoms with Crippen LogP contribution in [-0.2, 0) is 12.7 Å². The maximum Gasteiger partial charge on any atom is 0.416 e. The highest BCUT2D eigenvalue weighted by Crippen LogP contribution is 2.33. The second kappa shape index (κ2) is 7.26. The molecular formula is C20H17F3N2O2. The van der Waals surface area contributed by atoms with Crippen LogP contribution in [0.25, 0.3) is 11.3 Å². The van der Waals surface area contributed by atoms with Crippen LogP contribution >= 0.6 is 0 Å². The standard InChI is InChI=1S/C20H17F3N2O2/c1-12-5-3-6-14(9-12)11-24-19(26)17-13(2)25-27-18(17)15-7-4-8-16(10-15)20(21,22)23/h3-10H,11H2,1-2H3,(H,24,26). The molecule has 0 spiro atoms. The number of nitrogens with one attached hydrogen (secondary N) is 1. The van der Waals surface area contributed by atoms with E-state index < -0.39 is 17.6 Å². The highest BCUT2D eigenvalue weighted by molar-refractivity contribution is 6.00. The van der Waals surface area contributed by atoms with Gasteiger partial charge >= 0.3 is 6.18 Å². The van der Waals surface area contributed by atoms with Gasteiger partial charge in [-0.2, -0.15) is 13.2 Å². The van der Waals surface area contributed by atoms with Crippen molar-refractivity contribution in [2.75, 3.05) is 0 Å². The molecule has 140 valence electrons. The molecule has 1 amide bonds. The maximum atomic E-state index is 13.0. The molecule has 3 rings (SSSR count). The first kappa shape index (κ1) is 18.7. The van der Waals surface area contributed by atoms with Crippen molar-refractivity contribution in [1.29, 1.82) is 0 Å². The molecule has 0 aliphatic carbocycles. The summed E-state index contributed by atoms with van der Waals surface area (Å²) >= 11 is 0. The van der Waals surface area contributed by atoms with E-state index in [1.54, 1.807) is 6.92 Å². The Balaban J connectivity index is 1.87. The van der Waals surface area contributed by atoms with Crippen molar-refractivity contribution in [2.24, 2.45) is 0 Å². The van der Waals surface area contributed by atoms with E-state index in [1.807, 2.05) is 31.2 Å². The van der Waals surface area contributed by atoms with Crippen molar-refractivity contribution in [1.82, 2.24) is 10.5 Å². The zero-order chi connectivity index (χ0) is 19.6. The van der Waals surface area contributed by atoms with Crippen LogP contribution in [0.15, 0.2) is 53.1 Å². The van der Waals surface area contributed by atoms with Crippen molar-refractivity contribution in [3.8, 4) is 11.3 Å². The van der Waals surface area contributed by atoms with Gasteiger partial charge in [-0.15, -0.1) is 0 Å². The van der Waals surface area contributed by atoms with Crippen LogP contribution in [0.1, 0.15) is 32.7 Å². The molecule has 27 heavy (non-hydrogen) atoms. The zero-order valence-corrected chi connectivity index (χ0v) is 14.7. The highest BCUT2D eigenvalue weighted by Gasteiger charge is 2.31. The average molecular weight is 374 g/mol. The minimum absolute atomic E-state index is 0.0142. The fourth-order valence-corrected chi connectivity index (χ4v) is 2.76. The summed E-state index contributed by atoms with van der Waals surface area (Å²) in [6.07, 6.45) is -4.49. The van der Waals surface area contributed by atoms with Gasteiger partial charge in [0, 0.05) is 12.1 Å². The number of halogens is 3. The van der Waals surface area contributed by atoms with Gasteiger partial charge in [-0.25, -0.2) is 0 Å². The SMILES string of the molecule is Cc1cccc(CNC(=O)c2c(C)noc2-c2cccc(C(F)(F)F)c2)c1. The van der Waals surface area contributed by atoms with Gasteiger partial charge in [0.15, 0.2) is 5.76 Å². The molecule has 1 heterocycles. The topological polar surface area (TPSA) is 55.1 Å². The van der Waals surface area contributed by atoms with E-state index in [0.717, 1.165) is 23.3 Å². The fraction of sp³-hybridized carbons (Fsp3) is 0.200. The molecular weight excluding hydrogens is 357 g/mol. The Hall–Kier alpha value is -3.09. The number of hydrogen-bond donors (Lipinski definition) is 1. The lowest BCUT2D eigenvalue weighted by atomic mass is 10.0. The third-order valence-corrected chi connectivity index (χ3v) is 4.08. The molecule has 7 heteroatoms. The van der Waals surface area contributed by atoms with Crippen LogP contribution in [0, 0.1) is 13.8 Å².